The lowest BCUT2D eigenvalue weighted by Gasteiger charge is -2.29. The molecule has 106 valence electrons. The molecule has 1 aliphatic heterocycles. The number of hydrazine groups is 1. The highest BCUT2D eigenvalue weighted by Gasteiger charge is 2.15. The van der Waals surface area contributed by atoms with E-state index in [4.69, 9.17) is 5.84 Å². The van der Waals surface area contributed by atoms with E-state index in [1.165, 1.54) is 19.3 Å². The van der Waals surface area contributed by atoms with E-state index in [-0.39, 0.29) is 17.8 Å². The van der Waals surface area contributed by atoms with Gasteiger partial charge in [0.2, 0.25) is 5.95 Å². The number of nitrogens with two attached hydrogens (primary N) is 1. The number of nitrogens with zero attached hydrogens (tertiary/aromatic N) is 3. The summed E-state index contributed by atoms with van der Waals surface area (Å²) >= 11 is 0. The van der Waals surface area contributed by atoms with Crippen molar-refractivity contribution >= 4 is 11.8 Å². The van der Waals surface area contributed by atoms with Gasteiger partial charge >= 0.3 is 0 Å². The minimum absolute atomic E-state index is 0.119. The minimum Gasteiger partial charge on any atom is -0.364 e. The summed E-state index contributed by atoms with van der Waals surface area (Å²) in [5.74, 6) is 5.14. The van der Waals surface area contributed by atoms with Gasteiger partial charge in [0.25, 0.3) is 0 Å². The maximum atomic E-state index is 13.6. The van der Waals surface area contributed by atoms with Crippen molar-refractivity contribution in [3.05, 3.63) is 12.0 Å². The van der Waals surface area contributed by atoms with Gasteiger partial charge in [0, 0.05) is 12.6 Å². The molecule has 1 unspecified atom stereocenters. The lowest BCUT2D eigenvalue weighted by Crippen LogP contribution is -2.38. The van der Waals surface area contributed by atoms with Crippen LogP contribution in [-0.2, 0) is 0 Å². The number of hydrogen-bond donors (Lipinski definition) is 3. The zero-order chi connectivity index (χ0) is 13.7. The van der Waals surface area contributed by atoms with Crippen LogP contribution in [0.15, 0.2) is 6.20 Å². The van der Waals surface area contributed by atoms with Crippen LogP contribution in [0, 0.1) is 5.82 Å². The molecule has 1 aliphatic rings. The molecule has 1 atom stereocenters. The second kappa shape index (κ2) is 6.63. The highest BCUT2D eigenvalue weighted by molar-refractivity contribution is 5.41. The third-order valence-corrected chi connectivity index (χ3v) is 3.24. The van der Waals surface area contributed by atoms with Gasteiger partial charge in [-0.2, -0.15) is 4.98 Å². The molecule has 0 aromatic carbocycles. The van der Waals surface area contributed by atoms with Crippen molar-refractivity contribution < 1.29 is 4.39 Å². The Morgan fingerprint density at radius 2 is 2.16 bits per heavy atom. The van der Waals surface area contributed by atoms with Crippen LogP contribution in [0.4, 0.5) is 16.2 Å². The molecule has 2 rings (SSSR count). The van der Waals surface area contributed by atoms with Crippen LogP contribution in [0.5, 0.6) is 0 Å². The minimum atomic E-state index is -0.468. The fourth-order valence-corrected chi connectivity index (χ4v) is 2.35. The summed E-state index contributed by atoms with van der Waals surface area (Å²) in [5, 5.41) is 3.07. The summed E-state index contributed by atoms with van der Waals surface area (Å²) in [6.07, 6.45) is 4.91. The van der Waals surface area contributed by atoms with Crippen molar-refractivity contribution in [2.45, 2.75) is 32.2 Å². The number of aromatic nitrogens is 2. The van der Waals surface area contributed by atoms with E-state index in [0.717, 1.165) is 25.8 Å². The first kappa shape index (κ1) is 14.0. The molecule has 7 heteroatoms. The van der Waals surface area contributed by atoms with Gasteiger partial charge in [0.1, 0.15) is 0 Å². The van der Waals surface area contributed by atoms with E-state index in [1.807, 2.05) is 6.92 Å². The van der Waals surface area contributed by atoms with Crippen molar-refractivity contribution in [2.24, 2.45) is 5.84 Å². The van der Waals surface area contributed by atoms with Crippen molar-refractivity contribution in [2.75, 3.05) is 30.4 Å². The molecule has 2 heterocycles. The Hall–Kier alpha value is -1.47. The molecular weight excluding hydrogens is 247 g/mol. The van der Waals surface area contributed by atoms with Gasteiger partial charge in [0.05, 0.1) is 6.20 Å². The molecule has 0 spiro atoms. The van der Waals surface area contributed by atoms with E-state index < -0.39 is 5.82 Å². The van der Waals surface area contributed by atoms with Crippen LogP contribution in [0.1, 0.15) is 26.2 Å². The summed E-state index contributed by atoms with van der Waals surface area (Å²) in [4.78, 5) is 10.1. The predicted molar refractivity (Wildman–Crippen MR) is 73.2 cm³/mol. The van der Waals surface area contributed by atoms with E-state index in [9.17, 15) is 4.39 Å². The Bertz CT molecular complexity index is 407. The van der Waals surface area contributed by atoms with Crippen molar-refractivity contribution in [3.63, 3.8) is 0 Å². The molecule has 0 radical (unpaired) electrons. The summed E-state index contributed by atoms with van der Waals surface area (Å²) in [6, 6.07) is 0.119. The number of likely N-dealkylation sites (tertiary alicyclic amines) is 1. The molecule has 19 heavy (non-hydrogen) atoms. The first-order valence-corrected chi connectivity index (χ1v) is 6.67. The second-order valence-electron chi connectivity index (χ2n) is 4.94. The Balaban J connectivity index is 1.92. The Morgan fingerprint density at radius 1 is 1.42 bits per heavy atom. The molecular formula is C12H21FN6. The van der Waals surface area contributed by atoms with Crippen molar-refractivity contribution in [1.29, 1.82) is 0 Å². The largest absolute Gasteiger partial charge is 0.364 e. The Morgan fingerprint density at radius 3 is 2.84 bits per heavy atom. The highest BCUT2D eigenvalue weighted by atomic mass is 19.1. The first-order chi connectivity index (χ1) is 9.19. The van der Waals surface area contributed by atoms with Gasteiger partial charge in [-0.25, -0.2) is 15.2 Å². The van der Waals surface area contributed by atoms with Gasteiger partial charge in [-0.3, -0.25) is 5.43 Å². The molecule has 4 N–H and O–H groups in total. The molecule has 1 aromatic heterocycles. The van der Waals surface area contributed by atoms with Gasteiger partial charge < -0.3 is 10.2 Å². The normalized spacial score (nSPS) is 18.1. The number of rotatable bonds is 5. The molecule has 0 bridgehead atoms. The molecule has 1 aromatic rings. The number of piperidine rings is 1. The van der Waals surface area contributed by atoms with E-state index in [1.54, 1.807) is 0 Å². The summed E-state index contributed by atoms with van der Waals surface area (Å²) in [6.45, 7) is 5.14. The molecule has 0 amide bonds. The van der Waals surface area contributed by atoms with Gasteiger partial charge in [-0.1, -0.05) is 6.42 Å². The second-order valence-corrected chi connectivity index (χ2v) is 4.94. The summed E-state index contributed by atoms with van der Waals surface area (Å²) in [7, 11) is 0. The van der Waals surface area contributed by atoms with Gasteiger partial charge in [-0.15, -0.1) is 0 Å². The zero-order valence-electron chi connectivity index (χ0n) is 11.2. The average Bonchev–Trinajstić information content (AvgIpc) is 2.42. The van der Waals surface area contributed by atoms with Crippen LogP contribution < -0.4 is 16.6 Å². The van der Waals surface area contributed by atoms with Crippen LogP contribution >= 0.6 is 0 Å². The number of nitrogen functional groups attached to an aromatic ring is 1. The average molecular weight is 268 g/mol. The Labute approximate surface area is 112 Å². The smallest absolute Gasteiger partial charge is 0.239 e. The summed E-state index contributed by atoms with van der Waals surface area (Å²) in [5.41, 5.74) is 2.31. The fourth-order valence-electron chi connectivity index (χ4n) is 2.35. The quantitative estimate of drug-likeness (QED) is 0.550. The van der Waals surface area contributed by atoms with E-state index in [0.29, 0.717) is 0 Å². The van der Waals surface area contributed by atoms with Crippen LogP contribution in [0.2, 0.25) is 0 Å². The first-order valence-electron chi connectivity index (χ1n) is 6.67. The van der Waals surface area contributed by atoms with Crippen LogP contribution in [0.3, 0.4) is 0 Å². The third kappa shape index (κ3) is 4.00. The number of anilines is 2. The predicted octanol–water partition coefficient (Wildman–Crippen LogP) is 1.19. The van der Waals surface area contributed by atoms with Gasteiger partial charge in [0.15, 0.2) is 11.6 Å². The molecule has 0 saturated carbocycles. The van der Waals surface area contributed by atoms with Crippen molar-refractivity contribution in [1.82, 2.24) is 14.9 Å². The topological polar surface area (TPSA) is 79.1 Å². The zero-order valence-corrected chi connectivity index (χ0v) is 11.2. The SMILES string of the molecule is CC(CN1CCCCC1)Nc1nc(NN)ncc1F. The molecule has 6 nitrogen and oxygen atoms in total. The fraction of sp³-hybridized carbons (Fsp3) is 0.667. The molecule has 0 aliphatic carbocycles. The van der Waals surface area contributed by atoms with Crippen LogP contribution in [-0.4, -0.2) is 40.5 Å². The number of hydrogen-bond acceptors (Lipinski definition) is 6. The lowest BCUT2D eigenvalue weighted by molar-refractivity contribution is 0.223. The highest BCUT2D eigenvalue weighted by Crippen LogP contribution is 2.14. The van der Waals surface area contributed by atoms with Crippen LogP contribution in [0.25, 0.3) is 0 Å². The van der Waals surface area contributed by atoms with E-state index >= 15 is 0 Å². The van der Waals surface area contributed by atoms with E-state index in [2.05, 4.69) is 25.6 Å². The molecule has 1 fully saturated rings. The standard InChI is InChI=1S/C12H21FN6/c1-9(8-19-5-3-2-4-6-19)16-11-10(13)7-15-12(17-11)18-14/h7,9H,2-6,8,14H2,1H3,(H2,15,16,17,18). The third-order valence-electron chi connectivity index (χ3n) is 3.24. The maximum absolute atomic E-state index is 13.6. The monoisotopic (exact) mass is 268 g/mol. The van der Waals surface area contributed by atoms with Gasteiger partial charge in [-0.05, 0) is 32.9 Å². The van der Waals surface area contributed by atoms with Crippen molar-refractivity contribution in [3.8, 4) is 0 Å². The number of nitrogens with one attached hydrogen (secondary N) is 2. The lowest BCUT2D eigenvalue weighted by atomic mass is 10.1. The number of halogens is 1. The molecule has 1 saturated heterocycles. The Kier molecular flexibility index (Phi) is 4.86. The maximum Gasteiger partial charge on any atom is 0.239 e. The summed E-state index contributed by atoms with van der Waals surface area (Å²) < 4.78 is 13.6.